The number of hydrogen-bond acceptors (Lipinski definition) is 0. The third-order valence-corrected chi connectivity index (χ3v) is 5.81. The minimum absolute atomic E-state index is 0.946. The molecule has 0 rings (SSSR count). The Balaban J connectivity index is 3.10. The minimum atomic E-state index is -1.82. The Labute approximate surface area is 120 Å². The first-order valence-corrected chi connectivity index (χ1v) is 10.5. The normalized spacial score (nSPS) is 10.8. The summed E-state index contributed by atoms with van der Waals surface area (Å²) in [4.78, 5) is 0. The smallest absolute Gasteiger partial charge is 0.418 e. The van der Waals surface area contributed by atoms with Crippen molar-refractivity contribution in [1.29, 1.82) is 0 Å². The predicted octanol–water partition coefficient (Wildman–Crippen LogP) is 6.67. The van der Waals surface area contributed by atoms with E-state index in [1.54, 1.807) is 0 Å². The Bertz CT molecular complexity index is 134. The standard InChI is InChI=1S/2C8H17.Al.FH/c2*1-3-5-7-8-6-4-2;;/h2*1,3-8H2,2H3;;1H/q;;+1;/p-1. The fourth-order valence-electron chi connectivity index (χ4n) is 2.44. The Kier molecular flexibility index (Phi) is 15.9. The van der Waals surface area contributed by atoms with Crippen molar-refractivity contribution in [2.24, 2.45) is 0 Å². The Hall–Kier alpha value is 0.462. The molecule has 0 atom stereocenters. The first kappa shape index (κ1) is 18.5. The number of unbranched alkanes of at least 4 members (excludes halogenated alkanes) is 10. The van der Waals surface area contributed by atoms with Crippen LogP contribution in [0.3, 0.4) is 0 Å². The van der Waals surface area contributed by atoms with Crippen LogP contribution < -0.4 is 0 Å². The Morgan fingerprint density at radius 2 is 0.889 bits per heavy atom. The van der Waals surface area contributed by atoms with Gasteiger partial charge in [-0.3, -0.25) is 0 Å². The SMILES string of the molecule is CCCCCCC[CH2][Al]([F])[CH2]CCCCCCC. The molecule has 0 aliphatic rings. The molecule has 2 heteroatoms. The van der Waals surface area contributed by atoms with Gasteiger partial charge in [0.15, 0.2) is 0 Å². The molecule has 0 spiro atoms. The molecule has 0 aromatic heterocycles. The lowest BCUT2D eigenvalue weighted by atomic mass is 10.1. The minimum Gasteiger partial charge on any atom is -0.418 e. The Morgan fingerprint density at radius 3 is 1.28 bits per heavy atom. The highest BCUT2D eigenvalue weighted by atomic mass is 27.2. The molecular formula is C16H34AlF. The molecule has 0 radical (unpaired) electrons. The summed E-state index contributed by atoms with van der Waals surface area (Å²) in [5, 5.41) is 1.89. The predicted molar refractivity (Wildman–Crippen MR) is 83.2 cm³/mol. The zero-order valence-electron chi connectivity index (χ0n) is 12.9. The van der Waals surface area contributed by atoms with Gasteiger partial charge in [0.2, 0.25) is 0 Å². The van der Waals surface area contributed by atoms with E-state index >= 15 is 0 Å². The van der Waals surface area contributed by atoms with Crippen LogP contribution >= 0.6 is 0 Å². The fraction of sp³-hybridized carbons (Fsp3) is 1.00. The summed E-state index contributed by atoms with van der Waals surface area (Å²) in [5.41, 5.74) is 0. The van der Waals surface area contributed by atoms with Crippen LogP contribution in [0.25, 0.3) is 0 Å². The summed E-state index contributed by atoms with van der Waals surface area (Å²) in [6, 6.07) is 0. The molecule has 108 valence electrons. The molecule has 0 aliphatic heterocycles. The van der Waals surface area contributed by atoms with E-state index in [1.807, 2.05) is 0 Å². The van der Waals surface area contributed by atoms with Crippen molar-refractivity contribution in [3.8, 4) is 0 Å². The van der Waals surface area contributed by atoms with Gasteiger partial charge < -0.3 is 3.52 Å². The molecule has 0 aromatic carbocycles. The third-order valence-electron chi connectivity index (χ3n) is 3.74. The van der Waals surface area contributed by atoms with Crippen LogP contribution in [0.4, 0.5) is 3.52 Å². The molecule has 0 saturated carbocycles. The zero-order chi connectivity index (χ0) is 13.5. The zero-order valence-corrected chi connectivity index (χ0v) is 14.0. The Morgan fingerprint density at radius 1 is 0.556 bits per heavy atom. The summed E-state index contributed by atoms with van der Waals surface area (Å²) in [6.07, 6.45) is 15.5. The maximum atomic E-state index is 13.7. The van der Waals surface area contributed by atoms with Crippen molar-refractivity contribution in [3.63, 3.8) is 0 Å². The monoisotopic (exact) mass is 272 g/mol. The van der Waals surface area contributed by atoms with Gasteiger partial charge >= 0.3 is 14.6 Å². The first-order chi connectivity index (χ1) is 8.81. The molecule has 0 nitrogen and oxygen atoms in total. The van der Waals surface area contributed by atoms with Crippen molar-refractivity contribution in [3.05, 3.63) is 0 Å². The highest BCUT2D eigenvalue weighted by molar-refractivity contribution is 6.50. The molecule has 0 N–H and O–H groups in total. The van der Waals surface area contributed by atoms with E-state index in [4.69, 9.17) is 0 Å². The van der Waals surface area contributed by atoms with Crippen LogP contribution in [-0.4, -0.2) is 14.6 Å². The fourth-order valence-corrected chi connectivity index (χ4v) is 4.19. The summed E-state index contributed by atoms with van der Waals surface area (Å²) in [6.45, 7) is 4.48. The maximum absolute atomic E-state index is 13.7. The van der Waals surface area contributed by atoms with Crippen LogP contribution in [0, 0.1) is 0 Å². The quantitative estimate of drug-likeness (QED) is 0.245. The van der Waals surface area contributed by atoms with Crippen molar-refractivity contribution in [2.45, 2.75) is 101 Å². The molecule has 0 heterocycles. The third kappa shape index (κ3) is 14.5. The summed E-state index contributed by atoms with van der Waals surface area (Å²) < 4.78 is 13.7. The van der Waals surface area contributed by atoms with E-state index in [9.17, 15) is 3.52 Å². The van der Waals surface area contributed by atoms with Crippen LogP contribution in [0.15, 0.2) is 0 Å². The number of rotatable bonds is 14. The van der Waals surface area contributed by atoms with E-state index in [0.29, 0.717) is 0 Å². The van der Waals surface area contributed by atoms with Gasteiger partial charge in [0, 0.05) is 0 Å². The average molecular weight is 272 g/mol. The van der Waals surface area contributed by atoms with Gasteiger partial charge in [-0.1, -0.05) is 101 Å². The van der Waals surface area contributed by atoms with Gasteiger partial charge in [-0.25, -0.2) is 0 Å². The van der Waals surface area contributed by atoms with Crippen molar-refractivity contribution < 1.29 is 3.52 Å². The number of halogens is 1. The van der Waals surface area contributed by atoms with Crippen LogP contribution in [-0.2, 0) is 0 Å². The second-order valence-electron chi connectivity index (χ2n) is 5.71. The van der Waals surface area contributed by atoms with Gasteiger partial charge in [-0.2, -0.15) is 0 Å². The highest BCUT2D eigenvalue weighted by Gasteiger charge is 2.16. The second kappa shape index (κ2) is 15.5. The molecule has 0 unspecified atom stereocenters. The molecule has 0 fully saturated rings. The summed E-state index contributed by atoms with van der Waals surface area (Å²) in [5.74, 6) is 0. The van der Waals surface area contributed by atoms with Gasteiger partial charge in [-0.15, -0.1) is 0 Å². The average Bonchev–Trinajstić information content (AvgIpc) is 2.38. The molecular weight excluding hydrogens is 238 g/mol. The molecule has 0 bridgehead atoms. The molecule has 18 heavy (non-hydrogen) atoms. The largest absolute Gasteiger partial charge is 0.516 e. The van der Waals surface area contributed by atoms with Crippen LogP contribution in [0.5, 0.6) is 0 Å². The summed E-state index contributed by atoms with van der Waals surface area (Å²) >= 11 is -1.82. The van der Waals surface area contributed by atoms with E-state index in [1.165, 1.54) is 64.2 Å². The van der Waals surface area contributed by atoms with Crippen LogP contribution in [0.2, 0.25) is 10.6 Å². The van der Waals surface area contributed by atoms with Gasteiger partial charge in [0.05, 0.1) is 0 Å². The first-order valence-electron chi connectivity index (χ1n) is 8.45. The van der Waals surface area contributed by atoms with E-state index in [-0.39, 0.29) is 0 Å². The van der Waals surface area contributed by atoms with Crippen molar-refractivity contribution >= 4 is 14.6 Å². The topological polar surface area (TPSA) is 0 Å². The molecule has 0 aromatic rings. The van der Waals surface area contributed by atoms with E-state index in [2.05, 4.69) is 13.8 Å². The lowest BCUT2D eigenvalue weighted by Gasteiger charge is -2.03. The molecule has 0 aliphatic carbocycles. The van der Waals surface area contributed by atoms with Gasteiger partial charge in [0.25, 0.3) is 0 Å². The summed E-state index contributed by atoms with van der Waals surface area (Å²) in [7, 11) is 0. The maximum Gasteiger partial charge on any atom is 0.516 e. The second-order valence-corrected chi connectivity index (χ2v) is 8.06. The van der Waals surface area contributed by atoms with Gasteiger partial charge in [-0.05, 0) is 0 Å². The molecule has 0 saturated heterocycles. The van der Waals surface area contributed by atoms with E-state index < -0.39 is 14.6 Å². The highest BCUT2D eigenvalue weighted by Crippen LogP contribution is 2.15. The molecule has 0 amide bonds. The number of hydrogen-bond donors (Lipinski definition) is 0. The lowest BCUT2D eigenvalue weighted by Crippen LogP contribution is -2.04. The van der Waals surface area contributed by atoms with Gasteiger partial charge in [0.1, 0.15) is 0 Å². The lowest BCUT2D eigenvalue weighted by molar-refractivity contribution is 0.607. The van der Waals surface area contributed by atoms with Crippen molar-refractivity contribution in [2.75, 3.05) is 0 Å². The van der Waals surface area contributed by atoms with Crippen LogP contribution in [0.1, 0.15) is 90.9 Å². The van der Waals surface area contributed by atoms with E-state index in [0.717, 1.165) is 23.4 Å². The van der Waals surface area contributed by atoms with Crippen molar-refractivity contribution in [1.82, 2.24) is 0 Å².